The van der Waals surface area contributed by atoms with Gasteiger partial charge >= 0.3 is 0 Å². The van der Waals surface area contributed by atoms with Crippen molar-refractivity contribution in [2.45, 2.75) is 26.7 Å². The van der Waals surface area contributed by atoms with E-state index in [1.807, 2.05) is 12.1 Å². The maximum absolute atomic E-state index is 13.0. The summed E-state index contributed by atoms with van der Waals surface area (Å²) in [5, 5.41) is 3.13. The molecule has 0 saturated heterocycles. The molecule has 21 heavy (non-hydrogen) atoms. The molecule has 0 radical (unpaired) electrons. The van der Waals surface area contributed by atoms with Crippen molar-refractivity contribution in [3.63, 3.8) is 0 Å². The third-order valence-electron chi connectivity index (χ3n) is 3.39. The van der Waals surface area contributed by atoms with E-state index in [9.17, 15) is 4.39 Å². The van der Waals surface area contributed by atoms with Gasteiger partial charge in [0.15, 0.2) is 0 Å². The second-order valence-corrected chi connectivity index (χ2v) is 5.46. The summed E-state index contributed by atoms with van der Waals surface area (Å²) in [6.45, 7) is 7.65. The molecule has 0 saturated carbocycles. The van der Waals surface area contributed by atoms with E-state index in [0.717, 1.165) is 11.4 Å². The molecule has 0 bridgehead atoms. The first kappa shape index (κ1) is 15.4. The molecule has 2 nitrogen and oxygen atoms in total. The fourth-order valence-electron chi connectivity index (χ4n) is 2.35. The van der Waals surface area contributed by atoms with Crippen LogP contribution in [0.5, 0.6) is 5.75 Å². The predicted molar refractivity (Wildman–Crippen MR) is 85.7 cm³/mol. The minimum Gasteiger partial charge on any atom is -0.492 e. The fourth-order valence-corrected chi connectivity index (χ4v) is 2.35. The first-order valence-corrected chi connectivity index (χ1v) is 7.29. The zero-order valence-electron chi connectivity index (χ0n) is 12.8. The van der Waals surface area contributed by atoms with Crippen molar-refractivity contribution in [3.05, 3.63) is 59.4 Å². The Morgan fingerprint density at radius 2 is 1.95 bits per heavy atom. The SMILES string of the molecule is Cc1cc(OCCNc2cccc(F)c2)ccc1C(C)C. The van der Waals surface area contributed by atoms with E-state index < -0.39 is 0 Å². The van der Waals surface area contributed by atoms with E-state index >= 15 is 0 Å². The van der Waals surface area contributed by atoms with Gasteiger partial charge in [-0.25, -0.2) is 4.39 Å². The molecule has 112 valence electrons. The number of rotatable bonds is 6. The van der Waals surface area contributed by atoms with Crippen LogP contribution in [0.25, 0.3) is 0 Å². The third kappa shape index (κ3) is 4.48. The molecule has 0 spiro atoms. The smallest absolute Gasteiger partial charge is 0.125 e. The molecule has 0 atom stereocenters. The number of aryl methyl sites for hydroxylation is 1. The summed E-state index contributed by atoms with van der Waals surface area (Å²) in [6.07, 6.45) is 0. The Balaban J connectivity index is 1.82. The molecule has 0 amide bonds. The summed E-state index contributed by atoms with van der Waals surface area (Å²) in [4.78, 5) is 0. The Morgan fingerprint density at radius 3 is 2.62 bits per heavy atom. The lowest BCUT2D eigenvalue weighted by molar-refractivity contribution is 0.332. The van der Waals surface area contributed by atoms with E-state index in [1.54, 1.807) is 6.07 Å². The van der Waals surface area contributed by atoms with E-state index in [1.165, 1.54) is 23.3 Å². The van der Waals surface area contributed by atoms with Crippen LogP contribution in [0, 0.1) is 12.7 Å². The molecule has 0 aliphatic carbocycles. The second kappa shape index (κ2) is 7.11. The molecule has 2 aromatic carbocycles. The highest BCUT2D eigenvalue weighted by Crippen LogP contribution is 2.23. The minimum atomic E-state index is -0.235. The van der Waals surface area contributed by atoms with E-state index in [-0.39, 0.29) is 5.82 Å². The van der Waals surface area contributed by atoms with Gasteiger partial charge < -0.3 is 10.1 Å². The van der Waals surface area contributed by atoms with Gasteiger partial charge in [0.1, 0.15) is 18.2 Å². The fraction of sp³-hybridized carbons (Fsp3) is 0.333. The summed E-state index contributed by atoms with van der Waals surface area (Å²) in [5.41, 5.74) is 3.37. The second-order valence-electron chi connectivity index (χ2n) is 5.46. The van der Waals surface area contributed by atoms with Crippen LogP contribution in [0.3, 0.4) is 0 Å². The lowest BCUT2D eigenvalue weighted by Gasteiger charge is -2.13. The zero-order valence-corrected chi connectivity index (χ0v) is 12.8. The molecule has 0 aromatic heterocycles. The van der Waals surface area contributed by atoms with Crippen LogP contribution in [0.2, 0.25) is 0 Å². The molecule has 3 heteroatoms. The summed E-state index contributed by atoms with van der Waals surface area (Å²) >= 11 is 0. The molecule has 2 aromatic rings. The molecule has 0 heterocycles. The summed E-state index contributed by atoms with van der Waals surface area (Å²) in [7, 11) is 0. The van der Waals surface area contributed by atoms with Crippen molar-refractivity contribution in [2.75, 3.05) is 18.5 Å². The highest BCUT2D eigenvalue weighted by molar-refractivity contribution is 5.43. The van der Waals surface area contributed by atoms with E-state index in [0.29, 0.717) is 19.1 Å². The zero-order chi connectivity index (χ0) is 15.2. The van der Waals surface area contributed by atoms with Crippen LogP contribution in [-0.4, -0.2) is 13.2 Å². The van der Waals surface area contributed by atoms with Crippen molar-refractivity contribution in [1.82, 2.24) is 0 Å². The van der Waals surface area contributed by atoms with Gasteiger partial charge in [-0.15, -0.1) is 0 Å². The number of anilines is 1. The van der Waals surface area contributed by atoms with Gasteiger partial charge in [0.2, 0.25) is 0 Å². The molecule has 0 aliphatic rings. The Hall–Kier alpha value is -2.03. The molecule has 0 fully saturated rings. The summed E-state index contributed by atoms with van der Waals surface area (Å²) in [6, 6.07) is 12.6. The molecule has 0 unspecified atom stereocenters. The average molecular weight is 287 g/mol. The highest BCUT2D eigenvalue weighted by Gasteiger charge is 2.04. The topological polar surface area (TPSA) is 21.3 Å². The number of nitrogens with one attached hydrogen (secondary N) is 1. The maximum Gasteiger partial charge on any atom is 0.125 e. The first-order chi connectivity index (χ1) is 10.1. The number of ether oxygens (including phenoxy) is 1. The van der Waals surface area contributed by atoms with Crippen molar-refractivity contribution in [3.8, 4) is 5.75 Å². The molecular weight excluding hydrogens is 265 g/mol. The molecule has 2 rings (SSSR count). The predicted octanol–water partition coefficient (Wildman–Crippen LogP) is 4.75. The Bertz CT molecular complexity index is 596. The third-order valence-corrected chi connectivity index (χ3v) is 3.39. The van der Waals surface area contributed by atoms with Crippen LogP contribution in [0.1, 0.15) is 30.9 Å². The Kier molecular flexibility index (Phi) is 5.20. The van der Waals surface area contributed by atoms with Crippen LogP contribution >= 0.6 is 0 Å². The standard InChI is InChI=1S/C18H22FNO/c1-13(2)18-8-7-17(11-14(18)3)21-10-9-20-16-6-4-5-15(19)12-16/h4-8,11-13,20H,9-10H2,1-3H3. The number of benzene rings is 2. The van der Waals surface area contributed by atoms with E-state index in [4.69, 9.17) is 4.74 Å². The number of hydrogen-bond donors (Lipinski definition) is 1. The van der Waals surface area contributed by atoms with Crippen molar-refractivity contribution < 1.29 is 9.13 Å². The monoisotopic (exact) mass is 287 g/mol. The maximum atomic E-state index is 13.0. The van der Waals surface area contributed by atoms with Gasteiger partial charge in [0.05, 0.1) is 0 Å². The van der Waals surface area contributed by atoms with E-state index in [2.05, 4.69) is 38.2 Å². The Labute approximate surface area is 126 Å². The van der Waals surface area contributed by atoms with Crippen LogP contribution < -0.4 is 10.1 Å². The van der Waals surface area contributed by atoms with Crippen molar-refractivity contribution >= 4 is 5.69 Å². The Morgan fingerprint density at radius 1 is 1.14 bits per heavy atom. The quantitative estimate of drug-likeness (QED) is 0.774. The lowest BCUT2D eigenvalue weighted by Crippen LogP contribution is -2.11. The minimum absolute atomic E-state index is 0.235. The average Bonchev–Trinajstić information content (AvgIpc) is 2.43. The summed E-state index contributed by atoms with van der Waals surface area (Å²) < 4.78 is 18.7. The highest BCUT2D eigenvalue weighted by atomic mass is 19.1. The van der Waals surface area contributed by atoms with Crippen LogP contribution in [0.15, 0.2) is 42.5 Å². The first-order valence-electron chi connectivity index (χ1n) is 7.29. The van der Waals surface area contributed by atoms with Crippen LogP contribution in [-0.2, 0) is 0 Å². The van der Waals surface area contributed by atoms with Crippen molar-refractivity contribution in [1.29, 1.82) is 0 Å². The van der Waals surface area contributed by atoms with Gasteiger partial charge in [-0.05, 0) is 54.3 Å². The summed E-state index contributed by atoms with van der Waals surface area (Å²) in [5.74, 6) is 1.16. The normalized spacial score (nSPS) is 10.7. The van der Waals surface area contributed by atoms with Gasteiger partial charge in [-0.1, -0.05) is 26.0 Å². The number of halogens is 1. The van der Waals surface area contributed by atoms with Crippen molar-refractivity contribution in [2.24, 2.45) is 0 Å². The van der Waals surface area contributed by atoms with Gasteiger partial charge in [-0.3, -0.25) is 0 Å². The van der Waals surface area contributed by atoms with Gasteiger partial charge in [-0.2, -0.15) is 0 Å². The molecule has 0 aliphatic heterocycles. The largest absolute Gasteiger partial charge is 0.492 e. The van der Waals surface area contributed by atoms with Gasteiger partial charge in [0.25, 0.3) is 0 Å². The van der Waals surface area contributed by atoms with Gasteiger partial charge in [0, 0.05) is 12.2 Å². The molecule has 1 N–H and O–H groups in total. The molecular formula is C18H22FNO. The number of hydrogen-bond acceptors (Lipinski definition) is 2. The lowest BCUT2D eigenvalue weighted by atomic mass is 9.98. The van der Waals surface area contributed by atoms with Crippen LogP contribution in [0.4, 0.5) is 10.1 Å².